The third kappa shape index (κ3) is 3.32. The zero-order valence-corrected chi connectivity index (χ0v) is 6.91. The summed E-state index contributed by atoms with van der Waals surface area (Å²) in [4.78, 5) is 21.7. The molecular formula is C9H12O3. The fourth-order valence-electron chi connectivity index (χ4n) is 1.03. The number of carbonyl (C=O) groups excluding carboxylic acids is 2. The molecule has 1 heterocycles. The van der Waals surface area contributed by atoms with Crippen LogP contribution in [0.4, 0.5) is 0 Å². The standard InChI is InChI=1S/C9H12O3/c10-8-6-4-2-1-3-5-7-9(11)12-8/h1-2H,3-7H2/b2-1+. The van der Waals surface area contributed by atoms with Crippen molar-refractivity contribution in [2.75, 3.05) is 0 Å². The van der Waals surface area contributed by atoms with E-state index in [0.29, 0.717) is 19.3 Å². The number of hydrogen-bond donors (Lipinski definition) is 0. The molecule has 0 aromatic rings. The van der Waals surface area contributed by atoms with Crippen LogP contribution in [0.3, 0.4) is 0 Å². The fourth-order valence-corrected chi connectivity index (χ4v) is 1.03. The van der Waals surface area contributed by atoms with E-state index in [0.717, 1.165) is 12.8 Å². The Morgan fingerprint density at radius 3 is 2.50 bits per heavy atom. The highest BCUT2D eigenvalue weighted by Gasteiger charge is 2.09. The van der Waals surface area contributed by atoms with E-state index in [2.05, 4.69) is 4.74 Å². The summed E-state index contributed by atoms with van der Waals surface area (Å²) >= 11 is 0. The average Bonchev–Trinajstić information content (AvgIpc) is 2.02. The van der Waals surface area contributed by atoms with Gasteiger partial charge in [0.25, 0.3) is 0 Å². The van der Waals surface area contributed by atoms with Crippen molar-refractivity contribution >= 4 is 11.9 Å². The van der Waals surface area contributed by atoms with Gasteiger partial charge in [-0.2, -0.15) is 0 Å². The van der Waals surface area contributed by atoms with Gasteiger partial charge in [0.2, 0.25) is 0 Å². The first-order chi connectivity index (χ1) is 5.79. The van der Waals surface area contributed by atoms with Crippen molar-refractivity contribution < 1.29 is 14.3 Å². The van der Waals surface area contributed by atoms with Crippen LogP contribution in [0.5, 0.6) is 0 Å². The molecule has 12 heavy (non-hydrogen) atoms. The summed E-state index contributed by atoms with van der Waals surface area (Å²) in [5.74, 6) is -0.804. The predicted octanol–water partition coefficient (Wildman–Crippen LogP) is 1.58. The van der Waals surface area contributed by atoms with E-state index in [4.69, 9.17) is 0 Å². The SMILES string of the molecule is O=C1CC/C=C/CCCC(=O)O1. The number of hydrogen-bond acceptors (Lipinski definition) is 3. The monoisotopic (exact) mass is 168 g/mol. The molecule has 0 spiro atoms. The Balaban J connectivity index is 2.45. The predicted molar refractivity (Wildman–Crippen MR) is 43.3 cm³/mol. The molecule has 0 aromatic carbocycles. The maximum absolute atomic E-state index is 10.8. The van der Waals surface area contributed by atoms with E-state index >= 15 is 0 Å². The molecule has 0 saturated heterocycles. The highest BCUT2D eigenvalue weighted by Crippen LogP contribution is 2.05. The summed E-state index contributed by atoms with van der Waals surface area (Å²) in [5.41, 5.74) is 0. The van der Waals surface area contributed by atoms with Crippen molar-refractivity contribution in [3.05, 3.63) is 12.2 Å². The maximum Gasteiger partial charge on any atom is 0.313 e. The Morgan fingerprint density at radius 1 is 1.00 bits per heavy atom. The molecule has 66 valence electrons. The minimum Gasteiger partial charge on any atom is -0.393 e. The molecule has 1 aliphatic heterocycles. The van der Waals surface area contributed by atoms with Crippen molar-refractivity contribution in [2.24, 2.45) is 0 Å². The molecule has 0 radical (unpaired) electrons. The number of ether oxygens (including phenoxy) is 1. The van der Waals surface area contributed by atoms with E-state index in [1.54, 1.807) is 0 Å². The molecule has 3 nitrogen and oxygen atoms in total. The van der Waals surface area contributed by atoms with Gasteiger partial charge in [-0.05, 0) is 19.3 Å². The smallest absolute Gasteiger partial charge is 0.313 e. The Kier molecular flexibility index (Phi) is 3.51. The van der Waals surface area contributed by atoms with Gasteiger partial charge in [0.1, 0.15) is 0 Å². The quantitative estimate of drug-likeness (QED) is 0.313. The fraction of sp³-hybridized carbons (Fsp3) is 0.556. The number of esters is 2. The van der Waals surface area contributed by atoms with E-state index in [1.165, 1.54) is 0 Å². The minimum atomic E-state index is -0.411. The summed E-state index contributed by atoms with van der Waals surface area (Å²) in [7, 11) is 0. The number of carbonyl (C=O) groups is 2. The van der Waals surface area contributed by atoms with Crippen LogP contribution in [0.25, 0.3) is 0 Å². The molecule has 0 unspecified atom stereocenters. The molecule has 3 heteroatoms. The van der Waals surface area contributed by atoms with Crippen molar-refractivity contribution in [1.82, 2.24) is 0 Å². The lowest BCUT2D eigenvalue weighted by atomic mass is 10.2. The van der Waals surface area contributed by atoms with Gasteiger partial charge in [0.05, 0.1) is 0 Å². The second kappa shape index (κ2) is 4.70. The zero-order valence-electron chi connectivity index (χ0n) is 6.91. The second-order valence-corrected chi connectivity index (χ2v) is 2.75. The lowest BCUT2D eigenvalue weighted by molar-refractivity contribution is -0.159. The number of allylic oxidation sites excluding steroid dienone is 2. The number of rotatable bonds is 0. The molecule has 0 saturated carbocycles. The third-order valence-corrected chi connectivity index (χ3v) is 1.66. The molecule has 1 aliphatic rings. The van der Waals surface area contributed by atoms with E-state index in [9.17, 15) is 9.59 Å². The number of cyclic esters (lactones) is 2. The van der Waals surface area contributed by atoms with Crippen molar-refractivity contribution in [3.63, 3.8) is 0 Å². The van der Waals surface area contributed by atoms with Gasteiger partial charge in [-0.25, -0.2) is 0 Å². The highest BCUT2D eigenvalue weighted by atomic mass is 16.6. The third-order valence-electron chi connectivity index (χ3n) is 1.66. The Morgan fingerprint density at radius 2 is 1.67 bits per heavy atom. The molecule has 0 bridgehead atoms. The van der Waals surface area contributed by atoms with Gasteiger partial charge in [-0.3, -0.25) is 9.59 Å². The first kappa shape index (κ1) is 8.97. The van der Waals surface area contributed by atoms with Crippen molar-refractivity contribution in [3.8, 4) is 0 Å². The summed E-state index contributed by atoms with van der Waals surface area (Å²) < 4.78 is 4.51. The molecule has 0 N–H and O–H groups in total. The van der Waals surface area contributed by atoms with Crippen LogP contribution in [0.2, 0.25) is 0 Å². The van der Waals surface area contributed by atoms with Crippen LogP contribution >= 0.6 is 0 Å². The molecule has 0 atom stereocenters. The lowest BCUT2D eigenvalue weighted by Crippen LogP contribution is -2.11. The zero-order chi connectivity index (χ0) is 8.81. The topological polar surface area (TPSA) is 43.4 Å². The molecule has 1 rings (SSSR count). The van der Waals surface area contributed by atoms with Gasteiger partial charge < -0.3 is 4.74 Å². The van der Waals surface area contributed by atoms with Gasteiger partial charge in [-0.15, -0.1) is 0 Å². The van der Waals surface area contributed by atoms with Gasteiger partial charge in [0.15, 0.2) is 0 Å². The Bertz CT molecular complexity index is 206. The maximum atomic E-state index is 10.8. The van der Waals surface area contributed by atoms with Crippen LogP contribution in [0.1, 0.15) is 32.1 Å². The van der Waals surface area contributed by atoms with E-state index in [-0.39, 0.29) is 0 Å². The molecule has 0 fully saturated rings. The van der Waals surface area contributed by atoms with E-state index in [1.807, 2.05) is 12.2 Å². The molecule has 0 aromatic heterocycles. The van der Waals surface area contributed by atoms with Gasteiger partial charge in [-0.1, -0.05) is 12.2 Å². The highest BCUT2D eigenvalue weighted by molar-refractivity contribution is 5.85. The lowest BCUT2D eigenvalue weighted by Gasteiger charge is -2.02. The minimum absolute atomic E-state index is 0.308. The van der Waals surface area contributed by atoms with Crippen LogP contribution in [0, 0.1) is 0 Å². The van der Waals surface area contributed by atoms with Crippen LogP contribution in [-0.2, 0) is 14.3 Å². The summed E-state index contributed by atoms with van der Waals surface area (Å²) in [6.07, 6.45) is 6.94. The molecule has 0 aliphatic carbocycles. The first-order valence-corrected chi connectivity index (χ1v) is 4.17. The first-order valence-electron chi connectivity index (χ1n) is 4.17. The Hall–Kier alpha value is -1.12. The van der Waals surface area contributed by atoms with Crippen molar-refractivity contribution in [2.45, 2.75) is 32.1 Å². The molecular weight excluding hydrogens is 156 g/mol. The Labute approximate surface area is 71.4 Å². The van der Waals surface area contributed by atoms with Crippen LogP contribution in [0.15, 0.2) is 12.2 Å². The van der Waals surface area contributed by atoms with Gasteiger partial charge in [0, 0.05) is 12.8 Å². The van der Waals surface area contributed by atoms with E-state index < -0.39 is 11.9 Å². The largest absolute Gasteiger partial charge is 0.393 e. The normalized spacial score (nSPS) is 23.0. The summed E-state index contributed by atoms with van der Waals surface area (Å²) in [6.45, 7) is 0. The van der Waals surface area contributed by atoms with Crippen LogP contribution < -0.4 is 0 Å². The van der Waals surface area contributed by atoms with Gasteiger partial charge >= 0.3 is 11.9 Å². The summed E-state index contributed by atoms with van der Waals surface area (Å²) in [5, 5.41) is 0. The summed E-state index contributed by atoms with van der Waals surface area (Å²) in [6, 6.07) is 0. The second-order valence-electron chi connectivity index (χ2n) is 2.75. The molecule has 0 amide bonds. The average molecular weight is 168 g/mol. The van der Waals surface area contributed by atoms with Crippen LogP contribution in [-0.4, -0.2) is 11.9 Å². The van der Waals surface area contributed by atoms with Crippen molar-refractivity contribution in [1.29, 1.82) is 0 Å².